The number of urea groups is 1. The van der Waals surface area contributed by atoms with Crippen LogP contribution in [0.1, 0.15) is 37.1 Å². The van der Waals surface area contributed by atoms with E-state index < -0.39 is 11.9 Å². The van der Waals surface area contributed by atoms with Gasteiger partial charge in [0.15, 0.2) is 6.61 Å². The Kier molecular flexibility index (Phi) is 5.47. The highest BCUT2D eigenvalue weighted by molar-refractivity contribution is 7.18. The summed E-state index contributed by atoms with van der Waals surface area (Å²) in [5, 5.41) is 5.74. The summed E-state index contributed by atoms with van der Waals surface area (Å²) in [6, 6.07) is -0.509. The second kappa shape index (κ2) is 7.77. The second-order valence-corrected chi connectivity index (χ2v) is 7.39. The van der Waals surface area contributed by atoms with E-state index in [0.29, 0.717) is 18.3 Å². The molecule has 0 bridgehead atoms. The molecule has 0 aromatic carbocycles. The largest absolute Gasteiger partial charge is 0.467 e. The third-order valence-electron chi connectivity index (χ3n) is 4.19. The van der Waals surface area contributed by atoms with E-state index in [1.54, 1.807) is 11.3 Å². The summed E-state index contributed by atoms with van der Waals surface area (Å²) in [7, 11) is 0. The maximum atomic E-state index is 11.9. The summed E-state index contributed by atoms with van der Waals surface area (Å²) >= 11 is 1.68. The third kappa shape index (κ3) is 4.07. The molecule has 134 valence electrons. The van der Waals surface area contributed by atoms with Crippen molar-refractivity contribution in [3.63, 3.8) is 0 Å². The molecule has 0 radical (unpaired) electrons. The molecule has 2 heterocycles. The lowest BCUT2D eigenvalue weighted by molar-refractivity contribution is -0.122. The van der Waals surface area contributed by atoms with Gasteiger partial charge in [-0.25, -0.2) is 14.8 Å². The van der Waals surface area contributed by atoms with E-state index in [1.165, 1.54) is 16.8 Å². The highest BCUT2D eigenvalue weighted by Crippen LogP contribution is 2.40. The summed E-state index contributed by atoms with van der Waals surface area (Å²) in [6.07, 6.45) is 5.42. The molecule has 2 aromatic heterocycles. The van der Waals surface area contributed by atoms with Gasteiger partial charge in [-0.15, -0.1) is 11.3 Å². The van der Waals surface area contributed by atoms with Crippen LogP contribution < -0.4 is 15.4 Å². The van der Waals surface area contributed by atoms with Gasteiger partial charge in [-0.2, -0.15) is 0 Å². The second-order valence-electron chi connectivity index (χ2n) is 6.30. The van der Waals surface area contributed by atoms with Crippen molar-refractivity contribution in [1.29, 1.82) is 0 Å². The summed E-state index contributed by atoms with van der Waals surface area (Å²) in [6.45, 7) is 4.46. The number of hydrogen-bond donors (Lipinski definition) is 2. The number of thiophene rings is 1. The number of ether oxygens (including phenoxy) is 1. The summed E-state index contributed by atoms with van der Waals surface area (Å²) in [5.74, 6) is 0.588. The number of aryl methyl sites for hydroxylation is 1. The fourth-order valence-electron chi connectivity index (χ4n) is 2.93. The monoisotopic (exact) mass is 362 g/mol. The molecule has 3 rings (SSSR count). The number of rotatable bonds is 5. The fourth-order valence-corrected chi connectivity index (χ4v) is 4.28. The number of carbonyl (C=O) groups excluding carboxylic acids is 2. The molecule has 2 N–H and O–H groups in total. The molecular formula is C17H22N4O3S. The number of carbonyl (C=O) groups is 2. The normalized spacial score (nSPS) is 16.3. The standard InChI is InChI=1S/C17H22N4O3S/c1-3-6-18-17(23)21-13(22)8-24-15-14-11-5-4-10(2)7-12(11)25-16(14)20-9-19-15/h9-10H,3-8H2,1-2H3,(H2,18,21,22,23). The van der Waals surface area contributed by atoms with E-state index in [4.69, 9.17) is 4.74 Å². The summed E-state index contributed by atoms with van der Waals surface area (Å²) in [5.41, 5.74) is 1.25. The zero-order chi connectivity index (χ0) is 17.8. The number of nitrogens with one attached hydrogen (secondary N) is 2. The number of fused-ring (bicyclic) bond motifs is 3. The average molecular weight is 362 g/mol. The van der Waals surface area contributed by atoms with Crippen LogP contribution in [0.15, 0.2) is 6.33 Å². The number of imide groups is 1. The Morgan fingerprint density at radius 3 is 3.04 bits per heavy atom. The van der Waals surface area contributed by atoms with Gasteiger partial charge >= 0.3 is 6.03 Å². The molecule has 0 spiro atoms. The van der Waals surface area contributed by atoms with Crippen LogP contribution in [0.4, 0.5) is 4.79 Å². The average Bonchev–Trinajstić information content (AvgIpc) is 2.96. The first-order valence-corrected chi connectivity index (χ1v) is 9.35. The number of aromatic nitrogens is 2. The number of hydrogen-bond acceptors (Lipinski definition) is 6. The van der Waals surface area contributed by atoms with Gasteiger partial charge in [0.2, 0.25) is 5.88 Å². The maximum absolute atomic E-state index is 11.9. The molecule has 1 aliphatic rings. The lowest BCUT2D eigenvalue weighted by Gasteiger charge is -2.18. The first kappa shape index (κ1) is 17.6. The lowest BCUT2D eigenvalue weighted by Crippen LogP contribution is -2.41. The molecule has 0 aliphatic heterocycles. The Labute approximate surface area is 150 Å². The first-order chi connectivity index (χ1) is 12.1. The van der Waals surface area contributed by atoms with Crippen LogP contribution in [0.25, 0.3) is 10.2 Å². The van der Waals surface area contributed by atoms with Gasteiger partial charge in [0.05, 0.1) is 5.39 Å². The Bertz CT molecular complexity index is 790. The van der Waals surface area contributed by atoms with Gasteiger partial charge in [0, 0.05) is 11.4 Å². The predicted octanol–water partition coefficient (Wildman–Crippen LogP) is 2.43. The van der Waals surface area contributed by atoms with Crippen LogP contribution >= 0.6 is 11.3 Å². The van der Waals surface area contributed by atoms with Crippen molar-refractivity contribution >= 4 is 33.5 Å². The zero-order valence-corrected chi connectivity index (χ0v) is 15.2. The molecule has 25 heavy (non-hydrogen) atoms. The summed E-state index contributed by atoms with van der Waals surface area (Å²) < 4.78 is 5.60. The minimum atomic E-state index is -0.509. The van der Waals surface area contributed by atoms with Crippen molar-refractivity contribution in [1.82, 2.24) is 20.6 Å². The van der Waals surface area contributed by atoms with Crippen molar-refractivity contribution in [2.24, 2.45) is 5.92 Å². The van der Waals surface area contributed by atoms with Gasteiger partial charge in [-0.05, 0) is 37.2 Å². The molecule has 1 unspecified atom stereocenters. The van der Waals surface area contributed by atoms with E-state index in [2.05, 4.69) is 27.5 Å². The van der Waals surface area contributed by atoms with Crippen molar-refractivity contribution in [2.45, 2.75) is 39.5 Å². The molecule has 0 saturated heterocycles. The predicted molar refractivity (Wildman–Crippen MR) is 95.9 cm³/mol. The van der Waals surface area contributed by atoms with E-state index >= 15 is 0 Å². The Morgan fingerprint density at radius 1 is 1.40 bits per heavy atom. The van der Waals surface area contributed by atoms with Crippen LogP contribution in [-0.4, -0.2) is 35.1 Å². The molecule has 0 saturated carbocycles. The topological polar surface area (TPSA) is 93.2 Å². The molecule has 7 nitrogen and oxygen atoms in total. The van der Waals surface area contributed by atoms with E-state index in [-0.39, 0.29) is 6.61 Å². The molecule has 0 fully saturated rings. The van der Waals surface area contributed by atoms with Crippen LogP contribution in [0.3, 0.4) is 0 Å². The lowest BCUT2D eigenvalue weighted by atomic mass is 9.89. The molecule has 3 amide bonds. The van der Waals surface area contributed by atoms with Crippen LogP contribution in [-0.2, 0) is 17.6 Å². The SMILES string of the molecule is CCCNC(=O)NC(=O)COc1ncnc2sc3c(c12)CCC(C)C3. The van der Waals surface area contributed by atoms with Crippen LogP contribution in [0.5, 0.6) is 5.88 Å². The van der Waals surface area contributed by atoms with Crippen molar-refractivity contribution < 1.29 is 14.3 Å². The maximum Gasteiger partial charge on any atom is 0.321 e. The van der Waals surface area contributed by atoms with Crippen LogP contribution in [0.2, 0.25) is 0 Å². The van der Waals surface area contributed by atoms with Gasteiger partial charge in [0.1, 0.15) is 11.2 Å². The smallest absolute Gasteiger partial charge is 0.321 e. The van der Waals surface area contributed by atoms with Gasteiger partial charge in [0.25, 0.3) is 5.91 Å². The van der Waals surface area contributed by atoms with Gasteiger partial charge in [-0.1, -0.05) is 13.8 Å². The van der Waals surface area contributed by atoms with Crippen molar-refractivity contribution in [2.75, 3.05) is 13.2 Å². The molecule has 2 aromatic rings. The third-order valence-corrected chi connectivity index (χ3v) is 5.35. The molecule has 8 heteroatoms. The quantitative estimate of drug-likeness (QED) is 0.852. The van der Waals surface area contributed by atoms with E-state index in [1.807, 2.05) is 6.92 Å². The van der Waals surface area contributed by atoms with E-state index in [0.717, 1.165) is 35.9 Å². The van der Waals surface area contributed by atoms with E-state index in [9.17, 15) is 9.59 Å². The highest BCUT2D eigenvalue weighted by Gasteiger charge is 2.24. The minimum Gasteiger partial charge on any atom is -0.467 e. The number of amides is 3. The molecular weight excluding hydrogens is 340 g/mol. The number of nitrogens with zero attached hydrogens (tertiary/aromatic N) is 2. The first-order valence-electron chi connectivity index (χ1n) is 8.54. The van der Waals surface area contributed by atoms with Crippen molar-refractivity contribution in [3.8, 4) is 5.88 Å². The Hall–Kier alpha value is -2.22. The van der Waals surface area contributed by atoms with Gasteiger partial charge < -0.3 is 10.1 Å². The fraction of sp³-hybridized carbons (Fsp3) is 0.529. The highest BCUT2D eigenvalue weighted by atomic mass is 32.1. The molecule has 1 atom stereocenters. The Balaban J connectivity index is 1.70. The van der Waals surface area contributed by atoms with Gasteiger partial charge in [-0.3, -0.25) is 10.1 Å². The van der Waals surface area contributed by atoms with Crippen LogP contribution in [0, 0.1) is 5.92 Å². The molecule has 1 aliphatic carbocycles. The zero-order valence-electron chi connectivity index (χ0n) is 14.4. The Morgan fingerprint density at radius 2 is 2.24 bits per heavy atom. The minimum absolute atomic E-state index is 0.257. The van der Waals surface area contributed by atoms with Crippen molar-refractivity contribution in [3.05, 3.63) is 16.8 Å². The summed E-state index contributed by atoms with van der Waals surface area (Å²) in [4.78, 5) is 34.1.